The predicted octanol–water partition coefficient (Wildman–Crippen LogP) is 3.42. The van der Waals surface area contributed by atoms with Crippen LogP contribution in [-0.4, -0.2) is 13.1 Å². The highest BCUT2D eigenvalue weighted by atomic mass is 79.9. The van der Waals surface area contributed by atoms with Crippen molar-refractivity contribution in [2.75, 3.05) is 13.1 Å². The number of rotatable bonds is 0. The second-order valence-electron chi connectivity index (χ2n) is 5.33. The van der Waals surface area contributed by atoms with Crippen LogP contribution in [0.5, 0.6) is 0 Å². The van der Waals surface area contributed by atoms with E-state index in [4.69, 9.17) is 0 Å². The molecule has 2 heterocycles. The molecule has 0 radical (unpaired) electrons. The Hall–Kier alpha value is 0.140. The highest BCUT2D eigenvalue weighted by molar-refractivity contribution is 9.11. The zero-order valence-corrected chi connectivity index (χ0v) is 11.6. The van der Waals surface area contributed by atoms with Crippen molar-refractivity contribution in [2.45, 2.75) is 38.0 Å². The van der Waals surface area contributed by atoms with Crippen molar-refractivity contribution in [3.8, 4) is 0 Å². The molecule has 1 aromatic heterocycles. The van der Waals surface area contributed by atoms with Gasteiger partial charge in [-0.25, -0.2) is 0 Å². The minimum atomic E-state index is 0.368. The van der Waals surface area contributed by atoms with Gasteiger partial charge in [0.25, 0.3) is 0 Å². The van der Waals surface area contributed by atoms with Crippen molar-refractivity contribution in [1.29, 1.82) is 0 Å². The average molecular weight is 286 g/mol. The van der Waals surface area contributed by atoms with E-state index < -0.39 is 0 Å². The van der Waals surface area contributed by atoms with E-state index >= 15 is 0 Å². The van der Waals surface area contributed by atoms with E-state index in [1.54, 1.807) is 16.0 Å². The first-order valence-electron chi connectivity index (χ1n) is 5.62. The molecule has 3 rings (SSSR count). The zero-order valence-electron chi connectivity index (χ0n) is 9.19. The van der Waals surface area contributed by atoms with Crippen LogP contribution in [0.25, 0.3) is 0 Å². The SMILES string of the molecule is CC1(C)C[C@H]2CNCCc3sc(Br)c1c32. The molecule has 0 unspecified atom stereocenters. The number of halogens is 1. The number of thiophene rings is 1. The van der Waals surface area contributed by atoms with E-state index in [9.17, 15) is 0 Å². The van der Waals surface area contributed by atoms with E-state index in [-0.39, 0.29) is 0 Å². The monoisotopic (exact) mass is 285 g/mol. The third kappa shape index (κ3) is 1.43. The second kappa shape index (κ2) is 3.31. The molecule has 0 amide bonds. The molecule has 0 fully saturated rings. The lowest BCUT2D eigenvalue weighted by atomic mass is 9.87. The normalized spacial score (nSPS) is 27.5. The van der Waals surface area contributed by atoms with Gasteiger partial charge in [0.1, 0.15) is 0 Å². The molecule has 1 aliphatic heterocycles. The Morgan fingerprint density at radius 2 is 2.27 bits per heavy atom. The Morgan fingerprint density at radius 1 is 1.47 bits per heavy atom. The molecule has 2 aliphatic rings. The van der Waals surface area contributed by atoms with Gasteiger partial charge >= 0.3 is 0 Å². The van der Waals surface area contributed by atoms with Crippen molar-refractivity contribution in [2.24, 2.45) is 0 Å². The average Bonchev–Trinajstić information content (AvgIpc) is 2.53. The lowest BCUT2D eigenvalue weighted by Crippen LogP contribution is -2.21. The van der Waals surface area contributed by atoms with E-state index in [0.29, 0.717) is 5.41 Å². The van der Waals surface area contributed by atoms with Crippen LogP contribution in [0.3, 0.4) is 0 Å². The minimum absolute atomic E-state index is 0.368. The molecule has 82 valence electrons. The third-order valence-electron chi connectivity index (χ3n) is 3.74. The molecule has 0 saturated carbocycles. The van der Waals surface area contributed by atoms with Crippen LogP contribution in [0, 0.1) is 0 Å². The Balaban J connectivity index is 2.21. The van der Waals surface area contributed by atoms with Gasteiger partial charge in [-0.3, -0.25) is 0 Å². The van der Waals surface area contributed by atoms with Crippen molar-refractivity contribution in [1.82, 2.24) is 5.32 Å². The lowest BCUT2D eigenvalue weighted by Gasteiger charge is -2.19. The summed E-state index contributed by atoms with van der Waals surface area (Å²) in [5.74, 6) is 0.759. The van der Waals surface area contributed by atoms with E-state index in [1.165, 1.54) is 23.2 Å². The molecule has 0 saturated heterocycles. The molecular weight excluding hydrogens is 270 g/mol. The maximum Gasteiger partial charge on any atom is 0.0741 e. The van der Waals surface area contributed by atoms with Crippen LogP contribution in [0.4, 0.5) is 0 Å². The van der Waals surface area contributed by atoms with Crippen LogP contribution in [0.2, 0.25) is 0 Å². The molecule has 15 heavy (non-hydrogen) atoms. The predicted molar refractivity (Wildman–Crippen MR) is 69.0 cm³/mol. The van der Waals surface area contributed by atoms with Gasteiger partial charge in [0, 0.05) is 11.4 Å². The van der Waals surface area contributed by atoms with Gasteiger partial charge in [-0.05, 0) is 57.8 Å². The number of hydrogen-bond acceptors (Lipinski definition) is 2. The smallest absolute Gasteiger partial charge is 0.0741 e. The summed E-state index contributed by atoms with van der Waals surface area (Å²) in [6, 6.07) is 0. The van der Waals surface area contributed by atoms with Crippen LogP contribution >= 0.6 is 27.3 Å². The summed E-state index contributed by atoms with van der Waals surface area (Å²) in [7, 11) is 0. The van der Waals surface area contributed by atoms with Crippen LogP contribution in [0.1, 0.15) is 42.2 Å². The number of hydrogen-bond donors (Lipinski definition) is 1. The fourth-order valence-corrected chi connectivity index (χ4v) is 5.80. The molecule has 0 bridgehead atoms. The topological polar surface area (TPSA) is 12.0 Å². The van der Waals surface area contributed by atoms with Gasteiger partial charge < -0.3 is 5.32 Å². The van der Waals surface area contributed by atoms with Crippen molar-refractivity contribution in [3.63, 3.8) is 0 Å². The van der Waals surface area contributed by atoms with Gasteiger partial charge in [0.15, 0.2) is 0 Å². The lowest BCUT2D eigenvalue weighted by molar-refractivity contribution is 0.461. The summed E-state index contributed by atoms with van der Waals surface area (Å²) >= 11 is 5.73. The van der Waals surface area contributed by atoms with Crippen LogP contribution in [-0.2, 0) is 11.8 Å². The van der Waals surface area contributed by atoms with Gasteiger partial charge in [-0.15, -0.1) is 11.3 Å². The third-order valence-corrected chi connectivity index (χ3v) is 5.68. The highest BCUT2D eigenvalue weighted by Gasteiger charge is 2.41. The fraction of sp³-hybridized carbons (Fsp3) is 0.667. The Kier molecular flexibility index (Phi) is 2.28. The van der Waals surface area contributed by atoms with E-state index in [2.05, 4.69) is 35.1 Å². The molecule has 0 spiro atoms. The van der Waals surface area contributed by atoms with Gasteiger partial charge in [-0.1, -0.05) is 13.8 Å². The number of nitrogens with one attached hydrogen (secondary N) is 1. The standard InChI is InChI=1S/C12H16BrNS/c1-12(2)5-7-6-14-4-3-8-9(7)10(12)11(13)15-8/h7,14H,3-6H2,1-2H3/t7-/m0/s1. The summed E-state index contributed by atoms with van der Waals surface area (Å²) in [6.07, 6.45) is 2.52. The Bertz CT molecular complexity index is 408. The first-order chi connectivity index (χ1) is 7.09. The maximum atomic E-state index is 3.76. The zero-order chi connectivity index (χ0) is 10.6. The van der Waals surface area contributed by atoms with Gasteiger partial charge in [-0.2, -0.15) is 0 Å². The summed E-state index contributed by atoms with van der Waals surface area (Å²) in [5.41, 5.74) is 3.66. The summed E-state index contributed by atoms with van der Waals surface area (Å²) in [5, 5.41) is 3.56. The van der Waals surface area contributed by atoms with E-state index in [1.807, 2.05) is 11.3 Å². The first-order valence-corrected chi connectivity index (χ1v) is 7.23. The highest BCUT2D eigenvalue weighted by Crippen LogP contribution is 2.53. The molecule has 1 nitrogen and oxygen atoms in total. The molecule has 0 aromatic carbocycles. The largest absolute Gasteiger partial charge is 0.316 e. The molecule has 1 aromatic rings. The minimum Gasteiger partial charge on any atom is -0.316 e. The molecule has 1 aliphatic carbocycles. The van der Waals surface area contributed by atoms with Crippen LogP contribution in [0.15, 0.2) is 3.79 Å². The van der Waals surface area contributed by atoms with Crippen molar-refractivity contribution in [3.05, 3.63) is 19.8 Å². The molecular formula is C12H16BrNS. The Morgan fingerprint density at radius 3 is 3.07 bits per heavy atom. The first kappa shape index (κ1) is 10.3. The second-order valence-corrected chi connectivity index (χ2v) is 7.75. The Labute approximate surface area is 103 Å². The van der Waals surface area contributed by atoms with Crippen LogP contribution < -0.4 is 5.32 Å². The summed E-state index contributed by atoms with van der Waals surface area (Å²) in [4.78, 5) is 1.62. The maximum absolute atomic E-state index is 3.76. The molecule has 1 atom stereocenters. The summed E-state index contributed by atoms with van der Waals surface area (Å²) in [6.45, 7) is 7.09. The molecule has 3 heteroatoms. The quantitative estimate of drug-likeness (QED) is 0.770. The van der Waals surface area contributed by atoms with Crippen molar-refractivity contribution < 1.29 is 0 Å². The van der Waals surface area contributed by atoms with Gasteiger partial charge in [0.2, 0.25) is 0 Å². The van der Waals surface area contributed by atoms with E-state index in [0.717, 1.165) is 12.5 Å². The van der Waals surface area contributed by atoms with Crippen molar-refractivity contribution >= 4 is 27.3 Å². The van der Waals surface area contributed by atoms with Gasteiger partial charge in [0.05, 0.1) is 3.79 Å². The fourth-order valence-electron chi connectivity index (χ4n) is 3.18. The molecule has 1 N–H and O–H groups in total. The summed E-state index contributed by atoms with van der Waals surface area (Å²) < 4.78 is 1.39.